The SMILES string of the molecule is C#CCCCC(NC)c1cccc(I)c1. The van der Waals surface area contributed by atoms with Crippen LogP contribution in [0.25, 0.3) is 0 Å². The normalized spacial score (nSPS) is 12.1. The lowest BCUT2D eigenvalue weighted by atomic mass is 10.0. The van der Waals surface area contributed by atoms with Gasteiger partial charge in [0.05, 0.1) is 0 Å². The third-order valence-corrected chi connectivity index (χ3v) is 3.08. The van der Waals surface area contributed by atoms with Gasteiger partial charge in [0.25, 0.3) is 0 Å². The second-order valence-corrected chi connectivity index (χ2v) is 4.74. The van der Waals surface area contributed by atoms with Crippen LogP contribution in [-0.2, 0) is 0 Å². The molecule has 0 saturated heterocycles. The van der Waals surface area contributed by atoms with E-state index in [0.717, 1.165) is 19.3 Å². The van der Waals surface area contributed by atoms with Crippen molar-refractivity contribution in [1.82, 2.24) is 5.32 Å². The van der Waals surface area contributed by atoms with E-state index in [1.165, 1.54) is 9.13 Å². The number of hydrogen-bond donors (Lipinski definition) is 1. The van der Waals surface area contributed by atoms with Crippen LogP contribution in [0.2, 0.25) is 0 Å². The maximum Gasteiger partial charge on any atom is 0.0318 e. The topological polar surface area (TPSA) is 12.0 Å². The zero-order valence-electron chi connectivity index (χ0n) is 8.96. The number of benzene rings is 1. The molecule has 0 saturated carbocycles. The lowest BCUT2D eigenvalue weighted by Crippen LogP contribution is -2.16. The molecule has 0 aliphatic heterocycles. The molecule has 0 aromatic heterocycles. The lowest BCUT2D eigenvalue weighted by molar-refractivity contribution is 0.532. The first kappa shape index (κ1) is 12.5. The summed E-state index contributed by atoms with van der Waals surface area (Å²) < 4.78 is 1.28. The Morgan fingerprint density at radius 1 is 1.53 bits per heavy atom. The van der Waals surface area contributed by atoms with E-state index >= 15 is 0 Å². The molecule has 0 aliphatic carbocycles. The van der Waals surface area contributed by atoms with Crippen LogP contribution in [0.1, 0.15) is 30.9 Å². The van der Waals surface area contributed by atoms with E-state index < -0.39 is 0 Å². The van der Waals surface area contributed by atoms with Crippen LogP contribution in [0.4, 0.5) is 0 Å². The molecule has 1 N–H and O–H groups in total. The van der Waals surface area contributed by atoms with Crippen LogP contribution in [-0.4, -0.2) is 7.05 Å². The number of hydrogen-bond acceptors (Lipinski definition) is 1. The largest absolute Gasteiger partial charge is 0.313 e. The molecule has 0 amide bonds. The Morgan fingerprint density at radius 3 is 2.93 bits per heavy atom. The van der Waals surface area contributed by atoms with Crippen LogP contribution in [0.3, 0.4) is 0 Å². The van der Waals surface area contributed by atoms with Gasteiger partial charge in [-0.25, -0.2) is 0 Å². The van der Waals surface area contributed by atoms with Crippen molar-refractivity contribution in [2.24, 2.45) is 0 Å². The number of rotatable bonds is 5. The highest BCUT2D eigenvalue weighted by molar-refractivity contribution is 14.1. The van der Waals surface area contributed by atoms with Gasteiger partial charge in [-0.2, -0.15) is 0 Å². The van der Waals surface area contributed by atoms with Crippen molar-refractivity contribution < 1.29 is 0 Å². The maximum absolute atomic E-state index is 5.25. The summed E-state index contributed by atoms with van der Waals surface area (Å²) in [5.74, 6) is 2.68. The van der Waals surface area contributed by atoms with Gasteiger partial charge in [0, 0.05) is 16.0 Å². The minimum atomic E-state index is 0.424. The minimum Gasteiger partial charge on any atom is -0.313 e. The van der Waals surface area contributed by atoms with Crippen molar-refractivity contribution in [1.29, 1.82) is 0 Å². The first-order valence-electron chi connectivity index (χ1n) is 5.14. The summed E-state index contributed by atoms with van der Waals surface area (Å²) in [7, 11) is 2.00. The van der Waals surface area contributed by atoms with Gasteiger partial charge in [-0.05, 0) is 60.2 Å². The van der Waals surface area contributed by atoms with E-state index in [-0.39, 0.29) is 0 Å². The van der Waals surface area contributed by atoms with Crippen molar-refractivity contribution in [2.75, 3.05) is 7.05 Å². The maximum atomic E-state index is 5.25. The number of nitrogens with one attached hydrogen (secondary N) is 1. The summed E-state index contributed by atoms with van der Waals surface area (Å²) >= 11 is 2.34. The van der Waals surface area contributed by atoms with Crippen LogP contribution >= 0.6 is 22.6 Å². The fourth-order valence-corrected chi connectivity index (χ4v) is 2.18. The molecular formula is C13H16IN. The Bertz CT molecular complexity index is 341. The summed E-state index contributed by atoms with van der Waals surface area (Å²) in [4.78, 5) is 0. The molecular weight excluding hydrogens is 297 g/mol. The highest BCUT2D eigenvalue weighted by atomic mass is 127. The first-order chi connectivity index (χ1) is 7.27. The molecule has 0 spiro atoms. The molecule has 15 heavy (non-hydrogen) atoms. The highest BCUT2D eigenvalue weighted by Crippen LogP contribution is 2.20. The average Bonchev–Trinajstić information content (AvgIpc) is 2.24. The second kappa shape index (κ2) is 6.86. The van der Waals surface area contributed by atoms with Gasteiger partial charge in [0.15, 0.2) is 0 Å². The van der Waals surface area contributed by atoms with Crippen LogP contribution in [0.5, 0.6) is 0 Å². The molecule has 1 atom stereocenters. The van der Waals surface area contributed by atoms with Gasteiger partial charge < -0.3 is 5.32 Å². The molecule has 0 aliphatic rings. The van der Waals surface area contributed by atoms with Gasteiger partial charge in [-0.15, -0.1) is 12.3 Å². The van der Waals surface area contributed by atoms with Crippen molar-refractivity contribution in [3.05, 3.63) is 33.4 Å². The highest BCUT2D eigenvalue weighted by Gasteiger charge is 2.08. The van der Waals surface area contributed by atoms with Gasteiger partial charge in [0.2, 0.25) is 0 Å². The number of halogens is 1. The van der Waals surface area contributed by atoms with Gasteiger partial charge >= 0.3 is 0 Å². The molecule has 1 aromatic carbocycles. The predicted molar refractivity (Wildman–Crippen MR) is 73.6 cm³/mol. The molecule has 0 radical (unpaired) electrons. The van der Waals surface area contributed by atoms with Gasteiger partial charge in [-0.1, -0.05) is 12.1 Å². The Balaban J connectivity index is 2.62. The zero-order chi connectivity index (χ0) is 11.1. The van der Waals surface area contributed by atoms with E-state index in [0.29, 0.717) is 6.04 Å². The quantitative estimate of drug-likeness (QED) is 0.499. The molecule has 1 rings (SSSR count). The third kappa shape index (κ3) is 4.23. The molecule has 1 unspecified atom stereocenters. The Hall–Kier alpha value is -0.530. The van der Waals surface area contributed by atoms with Crippen molar-refractivity contribution in [2.45, 2.75) is 25.3 Å². The molecule has 80 valence electrons. The van der Waals surface area contributed by atoms with E-state index in [4.69, 9.17) is 6.42 Å². The van der Waals surface area contributed by atoms with E-state index in [1.807, 2.05) is 7.05 Å². The monoisotopic (exact) mass is 313 g/mol. The van der Waals surface area contributed by atoms with E-state index in [9.17, 15) is 0 Å². The van der Waals surface area contributed by atoms with Crippen LogP contribution in [0.15, 0.2) is 24.3 Å². The summed E-state index contributed by atoms with van der Waals surface area (Å²) in [5, 5.41) is 3.33. The van der Waals surface area contributed by atoms with Crippen molar-refractivity contribution in [3.8, 4) is 12.3 Å². The van der Waals surface area contributed by atoms with Gasteiger partial charge in [-0.3, -0.25) is 0 Å². The third-order valence-electron chi connectivity index (χ3n) is 2.41. The Labute approximate surface area is 106 Å². The van der Waals surface area contributed by atoms with Crippen LogP contribution < -0.4 is 5.32 Å². The lowest BCUT2D eigenvalue weighted by Gasteiger charge is -2.16. The second-order valence-electron chi connectivity index (χ2n) is 3.49. The summed E-state index contributed by atoms with van der Waals surface area (Å²) in [6.07, 6.45) is 8.29. The van der Waals surface area contributed by atoms with Crippen molar-refractivity contribution in [3.63, 3.8) is 0 Å². The molecule has 1 aromatic rings. The smallest absolute Gasteiger partial charge is 0.0318 e. The Kier molecular flexibility index (Phi) is 5.74. The molecule has 0 fully saturated rings. The average molecular weight is 313 g/mol. The summed E-state index contributed by atoms with van der Waals surface area (Å²) in [6.45, 7) is 0. The number of unbranched alkanes of at least 4 members (excludes halogenated alkanes) is 1. The summed E-state index contributed by atoms with van der Waals surface area (Å²) in [6, 6.07) is 9.02. The fraction of sp³-hybridized carbons (Fsp3) is 0.385. The molecule has 0 heterocycles. The minimum absolute atomic E-state index is 0.424. The fourth-order valence-electron chi connectivity index (χ4n) is 1.61. The van der Waals surface area contributed by atoms with Crippen LogP contribution in [0, 0.1) is 15.9 Å². The van der Waals surface area contributed by atoms with E-state index in [1.54, 1.807) is 0 Å². The standard InChI is InChI=1S/C13H16IN/c1-3-4-5-9-13(15-2)11-7-6-8-12(14)10-11/h1,6-8,10,13,15H,4-5,9H2,2H3. The Morgan fingerprint density at radius 2 is 2.33 bits per heavy atom. The zero-order valence-corrected chi connectivity index (χ0v) is 11.1. The van der Waals surface area contributed by atoms with E-state index in [2.05, 4.69) is 58.1 Å². The molecule has 1 nitrogen and oxygen atoms in total. The predicted octanol–water partition coefficient (Wildman–Crippen LogP) is 3.36. The van der Waals surface area contributed by atoms with Crippen molar-refractivity contribution >= 4 is 22.6 Å². The molecule has 2 heteroatoms. The van der Waals surface area contributed by atoms with Gasteiger partial charge in [0.1, 0.15) is 0 Å². The summed E-state index contributed by atoms with van der Waals surface area (Å²) in [5.41, 5.74) is 1.35. The molecule has 0 bridgehead atoms. The first-order valence-corrected chi connectivity index (χ1v) is 6.22. The number of terminal acetylenes is 1.